The minimum absolute atomic E-state index is 0.0273. The van der Waals surface area contributed by atoms with E-state index in [4.69, 9.17) is 14.0 Å². The Morgan fingerprint density at radius 2 is 2.27 bits per heavy atom. The molecule has 0 saturated carbocycles. The summed E-state index contributed by atoms with van der Waals surface area (Å²) in [4.78, 5) is 6.71. The molecule has 0 spiro atoms. The Hall–Kier alpha value is -1.92. The summed E-state index contributed by atoms with van der Waals surface area (Å²) in [7, 11) is 0. The lowest BCUT2D eigenvalue weighted by molar-refractivity contribution is -0.0241. The molecular weight excluding hydrogens is 282 g/mol. The third-order valence-corrected chi connectivity index (χ3v) is 4.21. The van der Waals surface area contributed by atoms with Gasteiger partial charge in [-0.3, -0.25) is 4.90 Å². The van der Waals surface area contributed by atoms with E-state index >= 15 is 0 Å². The summed E-state index contributed by atoms with van der Waals surface area (Å²) in [6, 6.07) is 6.48. The van der Waals surface area contributed by atoms with Gasteiger partial charge in [0, 0.05) is 19.5 Å². The second-order valence-electron chi connectivity index (χ2n) is 5.78. The third kappa shape index (κ3) is 2.60. The lowest BCUT2D eigenvalue weighted by Crippen LogP contribution is -2.39. The molecule has 6 heteroatoms. The summed E-state index contributed by atoms with van der Waals surface area (Å²) in [5.41, 5.74) is 2.59. The van der Waals surface area contributed by atoms with E-state index in [0.29, 0.717) is 18.3 Å². The van der Waals surface area contributed by atoms with Crippen molar-refractivity contribution in [2.75, 3.05) is 26.4 Å². The molecule has 0 amide bonds. The maximum absolute atomic E-state index is 5.60. The molecule has 1 aromatic heterocycles. The topological polar surface area (TPSA) is 60.6 Å². The summed E-state index contributed by atoms with van der Waals surface area (Å²) >= 11 is 0. The number of fused-ring (bicyclic) bond motifs is 1. The Morgan fingerprint density at radius 1 is 1.32 bits per heavy atom. The molecule has 1 saturated heterocycles. The minimum atomic E-state index is 0.0273. The fraction of sp³-hybridized carbons (Fsp3) is 0.500. The van der Waals surface area contributed by atoms with Gasteiger partial charge in [-0.2, -0.15) is 4.98 Å². The average Bonchev–Trinajstić information content (AvgIpc) is 3.16. The molecule has 1 fully saturated rings. The molecule has 2 aliphatic rings. The quantitative estimate of drug-likeness (QED) is 0.863. The molecule has 116 valence electrons. The number of hydrogen-bond acceptors (Lipinski definition) is 6. The van der Waals surface area contributed by atoms with Gasteiger partial charge in [-0.25, -0.2) is 0 Å². The molecule has 4 rings (SSSR count). The molecule has 6 nitrogen and oxygen atoms in total. The second kappa shape index (κ2) is 5.70. The van der Waals surface area contributed by atoms with Crippen LogP contribution in [0.5, 0.6) is 5.75 Å². The van der Waals surface area contributed by atoms with E-state index in [0.717, 1.165) is 38.5 Å². The Balaban J connectivity index is 1.54. The fourth-order valence-corrected chi connectivity index (χ4v) is 3.08. The van der Waals surface area contributed by atoms with Gasteiger partial charge < -0.3 is 14.0 Å². The van der Waals surface area contributed by atoms with E-state index < -0.39 is 0 Å². The van der Waals surface area contributed by atoms with Crippen LogP contribution in [0, 0.1) is 6.92 Å². The zero-order chi connectivity index (χ0) is 14.9. The van der Waals surface area contributed by atoms with Crippen LogP contribution in [0.25, 0.3) is 0 Å². The van der Waals surface area contributed by atoms with Crippen LogP contribution in [0.4, 0.5) is 0 Å². The summed E-state index contributed by atoms with van der Waals surface area (Å²) < 4.78 is 16.5. The zero-order valence-corrected chi connectivity index (χ0v) is 12.6. The lowest BCUT2D eigenvalue weighted by Gasteiger charge is -2.33. The van der Waals surface area contributed by atoms with Gasteiger partial charge in [0.25, 0.3) is 0 Å². The number of rotatable bonds is 3. The van der Waals surface area contributed by atoms with Gasteiger partial charge in [-0.05, 0) is 24.1 Å². The van der Waals surface area contributed by atoms with E-state index in [2.05, 4.69) is 33.2 Å². The van der Waals surface area contributed by atoms with E-state index in [-0.39, 0.29) is 6.04 Å². The van der Waals surface area contributed by atoms with E-state index in [1.807, 2.05) is 6.92 Å². The highest BCUT2D eigenvalue weighted by molar-refractivity contribution is 5.39. The molecule has 3 heterocycles. The van der Waals surface area contributed by atoms with Crippen molar-refractivity contribution in [1.29, 1.82) is 0 Å². The van der Waals surface area contributed by atoms with Crippen molar-refractivity contribution in [3.63, 3.8) is 0 Å². The van der Waals surface area contributed by atoms with Gasteiger partial charge in [0.15, 0.2) is 5.82 Å². The Bertz CT molecular complexity index is 670. The fourth-order valence-electron chi connectivity index (χ4n) is 3.08. The smallest absolute Gasteiger partial charge is 0.246 e. The molecule has 0 radical (unpaired) electrons. The highest BCUT2D eigenvalue weighted by atomic mass is 16.5. The first-order valence-electron chi connectivity index (χ1n) is 7.66. The van der Waals surface area contributed by atoms with Crippen molar-refractivity contribution in [2.24, 2.45) is 0 Å². The predicted molar refractivity (Wildman–Crippen MR) is 78.6 cm³/mol. The van der Waals surface area contributed by atoms with E-state index in [1.54, 1.807) is 0 Å². The first-order chi connectivity index (χ1) is 10.8. The number of aryl methyl sites for hydroxylation is 1. The Morgan fingerprint density at radius 3 is 3.14 bits per heavy atom. The van der Waals surface area contributed by atoms with E-state index in [9.17, 15) is 0 Å². The van der Waals surface area contributed by atoms with Crippen molar-refractivity contribution in [2.45, 2.75) is 25.9 Å². The number of ether oxygens (including phenoxy) is 2. The highest BCUT2D eigenvalue weighted by Gasteiger charge is 2.29. The first kappa shape index (κ1) is 13.7. The molecule has 0 bridgehead atoms. The summed E-state index contributed by atoms with van der Waals surface area (Å²) in [6.45, 7) is 5.66. The maximum Gasteiger partial charge on any atom is 0.246 e. The monoisotopic (exact) mass is 301 g/mol. The number of morpholine rings is 1. The van der Waals surface area contributed by atoms with Gasteiger partial charge in [0.1, 0.15) is 11.8 Å². The molecule has 2 aliphatic heterocycles. The van der Waals surface area contributed by atoms with Crippen LogP contribution in [-0.4, -0.2) is 41.4 Å². The van der Waals surface area contributed by atoms with Crippen LogP contribution in [-0.2, 0) is 17.7 Å². The number of hydrogen-bond donors (Lipinski definition) is 0. The molecule has 22 heavy (non-hydrogen) atoms. The number of benzene rings is 1. The van der Waals surface area contributed by atoms with Gasteiger partial charge in [0.05, 0.1) is 19.8 Å². The highest BCUT2D eigenvalue weighted by Crippen LogP contribution is 2.29. The van der Waals surface area contributed by atoms with E-state index in [1.165, 1.54) is 11.1 Å². The molecule has 0 N–H and O–H groups in total. The van der Waals surface area contributed by atoms with Gasteiger partial charge in [0.2, 0.25) is 5.89 Å². The number of nitrogens with zero attached hydrogens (tertiary/aromatic N) is 3. The molecule has 1 aromatic carbocycles. The van der Waals surface area contributed by atoms with Crippen LogP contribution in [0.2, 0.25) is 0 Å². The normalized spacial score (nSPS) is 21.6. The number of aromatic nitrogens is 2. The summed E-state index contributed by atoms with van der Waals surface area (Å²) in [5.74, 6) is 2.33. The minimum Gasteiger partial charge on any atom is -0.493 e. The molecule has 1 atom stereocenters. The summed E-state index contributed by atoms with van der Waals surface area (Å²) in [5, 5.41) is 3.90. The lowest BCUT2D eigenvalue weighted by atomic mass is 10.1. The molecular formula is C16H19N3O3. The third-order valence-electron chi connectivity index (χ3n) is 4.21. The molecule has 0 aliphatic carbocycles. The maximum atomic E-state index is 5.60. The van der Waals surface area contributed by atoms with Crippen LogP contribution >= 0.6 is 0 Å². The molecule has 0 unspecified atom stereocenters. The van der Waals surface area contributed by atoms with Crippen LogP contribution in [0.3, 0.4) is 0 Å². The SMILES string of the molecule is Cc1noc([C@H]2COCCN2Cc2ccc3c(c2)CCO3)n1. The average molecular weight is 301 g/mol. The first-order valence-corrected chi connectivity index (χ1v) is 7.66. The predicted octanol–water partition coefficient (Wildman–Crippen LogP) is 1.89. The summed E-state index contributed by atoms with van der Waals surface area (Å²) in [6.07, 6.45) is 0.999. The van der Waals surface area contributed by atoms with Crippen LogP contribution in [0.15, 0.2) is 22.7 Å². The van der Waals surface area contributed by atoms with Crippen molar-refractivity contribution in [1.82, 2.24) is 15.0 Å². The van der Waals surface area contributed by atoms with Crippen molar-refractivity contribution < 1.29 is 14.0 Å². The van der Waals surface area contributed by atoms with Gasteiger partial charge in [-0.15, -0.1) is 0 Å². The van der Waals surface area contributed by atoms with Gasteiger partial charge >= 0.3 is 0 Å². The zero-order valence-electron chi connectivity index (χ0n) is 12.6. The standard InChI is InChI=1S/C16H19N3O3/c1-11-17-16(22-18-11)14-10-20-7-5-19(14)9-12-2-3-15-13(8-12)4-6-21-15/h2-3,8,14H,4-7,9-10H2,1H3/t14-/m1/s1. The van der Waals surface area contributed by atoms with Crippen molar-refractivity contribution in [3.8, 4) is 5.75 Å². The largest absolute Gasteiger partial charge is 0.493 e. The Kier molecular flexibility index (Phi) is 3.56. The van der Waals surface area contributed by atoms with Crippen LogP contribution < -0.4 is 4.74 Å². The second-order valence-corrected chi connectivity index (χ2v) is 5.78. The molecule has 2 aromatic rings. The van der Waals surface area contributed by atoms with Crippen LogP contribution in [0.1, 0.15) is 28.9 Å². The van der Waals surface area contributed by atoms with Crippen molar-refractivity contribution in [3.05, 3.63) is 41.0 Å². The van der Waals surface area contributed by atoms with Gasteiger partial charge in [-0.1, -0.05) is 17.3 Å². The van der Waals surface area contributed by atoms with Crippen molar-refractivity contribution >= 4 is 0 Å². The Labute approximate surface area is 129 Å².